The van der Waals surface area contributed by atoms with Gasteiger partial charge in [0.05, 0.1) is 55.6 Å². The quantitative estimate of drug-likeness (QED) is 0.223. The number of hydrogen-bond donors (Lipinski definition) is 1. The van der Waals surface area contributed by atoms with Crippen molar-refractivity contribution in [2.45, 2.75) is 5.54 Å². The summed E-state index contributed by atoms with van der Waals surface area (Å²) >= 11 is 6.25. The maximum absolute atomic E-state index is 13.8. The predicted molar refractivity (Wildman–Crippen MR) is 138 cm³/mol. The third-order valence-electron chi connectivity index (χ3n) is 6.77. The first kappa shape index (κ1) is 24.2. The van der Waals surface area contributed by atoms with Gasteiger partial charge < -0.3 is 19.2 Å². The number of fused-ring (bicyclic) bond motifs is 4. The van der Waals surface area contributed by atoms with Crippen LogP contribution in [0.3, 0.4) is 0 Å². The van der Waals surface area contributed by atoms with Crippen molar-refractivity contribution in [3.63, 3.8) is 0 Å². The molecular weight excluding hydrogens is 500 g/mol. The largest absolute Gasteiger partial charge is 0.493 e. The van der Waals surface area contributed by atoms with E-state index in [0.29, 0.717) is 55.7 Å². The molecule has 0 fully saturated rings. The van der Waals surface area contributed by atoms with Gasteiger partial charge in [0.1, 0.15) is 12.2 Å². The number of hydrogen-bond acceptors (Lipinski definition) is 7. The molecule has 1 amide bonds. The van der Waals surface area contributed by atoms with Gasteiger partial charge in [-0.15, -0.1) is 11.6 Å². The summed E-state index contributed by atoms with van der Waals surface area (Å²) in [5, 5.41) is 23.6. The van der Waals surface area contributed by atoms with E-state index >= 15 is 0 Å². The van der Waals surface area contributed by atoms with Crippen molar-refractivity contribution in [3.8, 4) is 23.3 Å². The molecule has 37 heavy (non-hydrogen) atoms. The summed E-state index contributed by atoms with van der Waals surface area (Å²) in [6.07, 6.45) is 0. The molecule has 0 saturated heterocycles. The zero-order chi connectivity index (χ0) is 26.5. The Labute approximate surface area is 216 Å². The normalized spacial score (nSPS) is 16.5. The highest BCUT2D eigenvalue weighted by Crippen LogP contribution is 2.47. The van der Waals surface area contributed by atoms with Crippen LogP contribution < -0.4 is 19.1 Å². The summed E-state index contributed by atoms with van der Waals surface area (Å²) in [6, 6.07) is 13.7. The highest BCUT2D eigenvalue weighted by molar-refractivity contribution is 6.19. The number of nitro groups is 1. The van der Waals surface area contributed by atoms with E-state index in [1.54, 1.807) is 42.5 Å². The van der Waals surface area contributed by atoms with Crippen LogP contribution in [0.2, 0.25) is 0 Å². The van der Waals surface area contributed by atoms with Gasteiger partial charge in [0.15, 0.2) is 11.5 Å². The molecule has 1 aliphatic rings. The molecule has 10 nitrogen and oxygen atoms in total. The molecule has 1 unspecified atom stereocenters. The van der Waals surface area contributed by atoms with E-state index in [4.69, 9.17) is 25.8 Å². The summed E-state index contributed by atoms with van der Waals surface area (Å²) in [7, 11) is 4.45. The maximum Gasteiger partial charge on any atom is 0.280 e. The number of alkyl halides is 1. The van der Waals surface area contributed by atoms with Crippen molar-refractivity contribution < 1.29 is 23.9 Å². The van der Waals surface area contributed by atoms with Crippen LogP contribution in [0.25, 0.3) is 21.7 Å². The van der Waals surface area contributed by atoms with E-state index in [2.05, 4.69) is 11.1 Å². The SMILES string of the molecule is COc1cc2cc(C(=O)N3CC(CCl)([N+](=O)[O-])c4c3ccc3cc(C#N)ccc43)[nH]c2c(OC)c1OC. The number of halogens is 1. The highest BCUT2D eigenvalue weighted by atomic mass is 35.5. The second kappa shape index (κ2) is 8.87. The molecule has 1 atom stereocenters. The smallest absolute Gasteiger partial charge is 0.280 e. The van der Waals surface area contributed by atoms with E-state index < -0.39 is 16.4 Å². The van der Waals surface area contributed by atoms with Crippen LogP contribution in [-0.2, 0) is 5.54 Å². The first-order valence-corrected chi connectivity index (χ1v) is 11.7. The lowest BCUT2D eigenvalue weighted by Gasteiger charge is -2.20. The zero-order valence-corrected chi connectivity index (χ0v) is 20.9. The van der Waals surface area contributed by atoms with Crippen molar-refractivity contribution in [1.82, 2.24) is 4.98 Å². The Morgan fingerprint density at radius 1 is 1.14 bits per heavy atom. The summed E-state index contributed by atoms with van der Waals surface area (Å²) in [6.45, 7) is -0.254. The molecule has 0 spiro atoms. The van der Waals surface area contributed by atoms with Crippen molar-refractivity contribution >= 4 is 44.9 Å². The lowest BCUT2D eigenvalue weighted by atomic mass is 9.89. The van der Waals surface area contributed by atoms with Gasteiger partial charge >= 0.3 is 0 Å². The van der Waals surface area contributed by atoms with Gasteiger partial charge in [0.2, 0.25) is 5.75 Å². The lowest BCUT2D eigenvalue weighted by Crippen LogP contribution is -2.44. The molecule has 4 aromatic rings. The number of aromatic amines is 1. The molecule has 0 radical (unpaired) electrons. The minimum Gasteiger partial charge on any atom is -0.493 e. The number of carbonyl (C=O) groups is 1. The summed E-state index contributed by atoms with van der Waals surface area (Å²) < 4.78 is 16.4. The standard InChI is InChI=1S/C26H21ClN4O6/c1-35-20-10-16-9-18(29-22(16)24(37-3)23(20)36-2)25(32)30-13-26(12-27,31(33)34)21-17-6-4-14(11-28)8-15(17)5-7-19(21)30/h4-10,29H,12-13H2,1-3H3. The first-order chi connectivity index (χ1) is 17.8. The number of aromatic nitrogens is 1. The minimum atomic E-state index is -1.73. The van der Waals surface area contributed by atoms with Gasteiger partial charge in [-0.25, -0.2) is 0 Å². The summed E-state index contributed by atoms with van der Waals surface area (Å²) in [5.41, 5.74) is 0.150. The number of nitriles is 1. The Morgan fingerprint density at radius 2 is 1.89 bits per heavy atom. The van der Waals surface area contributed by atoms with E-state index in [1.807, 2.05) is 0 Å². The first-order valence-electron chi connectivity index (χ1n) is 11.1. The molecule has 3 aromatic carbocycles. The predicted octanol–water partition coefficient (Wildman–Crippen LogP) is 4.59. The minimum absolute atomic E-state index is 0.197. The number of amides is 1. The monoisotopic (exact) mass is 520 g/mol. The van der Waals surface area contributed by atoms with Gasteiger partial charge in [0, 0.05) is 10.3 Å². The van der Waals surface area contributed by atoms with Crippen molar-refractivity contribution in [2.75, 3.05) is 38.7 Å². The number of ether oxygens (including phenoxy) is 3. The fourth-order valence-corrected chi connectivity index (χ4v) is 5.34. The van der Waals surface area contributed by atoms with Crippen molar-refractivity contribution in [3.05, 3.63) is 69.4 Å². The number of nitrogens with zero attached hydrogens (tertiary/aromatic N) is 3. The average molecular weight is 521 g/mol. The number of carbonyl (C=O) groups excluding carboxylic acids is 1. The number of anilines is 1. The van der Waals surface area contributed by atoms with Crippen LogP contribution in [0.15, 0.2) is 42.5 Å². The Hall–Kier alpha value is -4.49. The van der Waals surface area contributed by atoms with Crippen LogP contribution in [-0.4, -0.2) is 49.6 Å². The topological polar surface area (TPSA) is 131 Å². The van der Waals surface area contributed by atoms with Crippen LogP contribution in [0.1, 0.15) is 21.6 Å². The van der Waals surface area contributed by atoms with Gasteiger partial charge in [-0.2, -0.15) is 5.26 Å². The molecule has 1 aromatic heterocycles. The number of methoxy groups -OCH3 is 3. The fraction of sp³-hybridized carbons (Fsp3) is 0.231. The second-order valence-corrected chi connectivity index (χ2v) is 8.88. The molecule has 1 N–H and O–H groups in total. The van der Waals surface area contributed by atoms with E-state index in [-0.39, 0.29) is 18.1 Å². The van der Waals surface area contributed by atoms with Crippen LogP contribution in [0.5, 0.6) is 17.2 Å². The Kier molecular flexibility index (Phi) is 5.80. The van der Waals surface area contributed by atoms with E-state index in [1.165, 1.54) is 26.2 Å². The van der Waals surface area contributed by atoms with Crippen LogP contribution in [0, 0.1) is 21.4 Å². The number of nitrogens with one attached hydrogen (secondary N) is 1. The van der Waals surface area contributed by atoms with Crippen molar-refractivity contribution in [1.29, 1.82) is 5.26 Å². The molecule has 2 heterocycles. The number of H-pyrrole nitrogens is 1. The van der Waals surface area contributed by atoms with Gasteiger partial charge in [-0.1, -0.05) is 12.1 Å². The number of benzene rings is 3. The summed E-state index contributed by atoms with van der Waals surface area (Å²) in [5.74, 6) is 0.332. The third-order valence-corrected chi connectivity index (χ3v) is 7.21. The molecule has 0 aliphatic carbocycles. The summed E-state index contributed by atoms with van der Waals surface area (Å²) in [4.78, 5) is 30.3. The second-order valence-electron chi connectivity index (χ2n) is 8.61. The van der Waals surface area contributed by atoms with E-state index in [0.717, 1.165) is 0 Å². The number of rotatable bonds is 6. The zero-order valence-electron chi connectivity index (χ0n) is 20.1. The molecule has 11 heteroatoms. The van der Waals surface area contributed by atoms with Crippen LogP contribution >= 0.6 is 11.6 Å². The lowest BCUT2D eigenvalue weighted by molar-refractivity contribution is -0.567. The maximum atomic E-state index is 13.8. The van der Waals surface area contributed by atoms with Gasteiger partial charge in [-0.3, -0.25) is 19.8 Å². The van der Waals surface area contributed by atoms with E-state index in [9.17, 15) is 20.2 Å². The van der Waals surface area contributed by atoms with Gasteiger partial charge in [0.25, 0.3) is 11.4 Å². The molecule has 5 rings (SSSR count). The average Bonchev–Trinajstić information content (AvgIpc) is 3.51. The van der Waals surface area contributed by atoms with Gasteiger partial charge in [-0.05, 0) is 41.1 Å². The highest BCUT2D eigenvalue weighted by Gasteiger charge is 2.55. The fourth-order valence-electron chi connectivity index (χ4n) is 5.02. The van der Waals surface area contributed by atoms with Crippen molar-refractivity contribution in [2.24, 2.45) is 0 Å². The molecule has 188 valence electrons. The third kappa shape index (κ3) is 3.42. The Bertz CT molecular complexity index is 1640. The van der Waals surface area contributed by atoms with Crippen LogP contribution in [0.4, 0.5) is 5.69 Å². The molecular formula is C26H21ClN4O6. The Balaban J connectivity index is 1.69. The molecule has 0 saturated carbocycles. The molecule has 1 aliphatic heterocycles. The Morgan fingerprint density at radius 3 is 2.51 bits per heavy atom. The molecule has 0 bridgehead atoms.